The van der Waals surface area contributed by atoms with E-state index in [1.165, 1.54) is 0 Å². The van der Waals surface area contributed by atoms with E-state index in [1.807, 2.05) is 36.4 Å². The van der Waals surface area contributed by atoms with Crippen LogP contribution in [-0.2, 0) is 21.4 Å². The molecule has 150 valence electrons. The molecule has 0 N–H and O–H groups in total. The molecule has 1 heterocycles. The zero-order valence-corrected chi connectivity index (χ0v) is 16.9. The largest absolute Gasteiger partial charge is 0.466 e. The number of pyridine rings is 1. The van der Waals surface area contributed by atoms with Crippen LogP contribution in [0, 0.1) is 11.3 Å². The summed E-state index contributed by atoms with van der Waals surface area (Å²) in [7, 11) is 0. The Morgan fingerprint density at radius 2 is 1.97 bits per heavy atom. The summed E-state index contributed by atoms with van der Waals surface area (Å²) in [4.78, 5) is 29.9. The van der Waals surface area contributed by atoms with E-state index in [2.05, 4.69) is 11.1 Å². The quantitative estimate of drug-likeness (QED) is 0.547. The number of hydrogen-bond acceptors (Lipinski definition) is 5. The number of benzene rings is 2. The van der Waals surface area contributed by atoms with E-state index in [1.54, 1.807) is 25.4 Å². The fraction of sp³-hybridized carbons (Fsp3) is 0.280. The predicted octanol–water partition coefficient (Wildman–Crippen LogP) is 4.52. The maximum absolute atomic E-state index is 13.9. The first-order valence-electron chi connectivity index (χ1n) is 10.2. The average Bonchev–Trinajstić information content (AvgIpc) is 3.00. The summed E-state index contributed by atoms with van der Waals surface area (Å²) < 4.78 is 5.07. The number of aromatic nitrogens is 1. The molecule has 5 nitrogen and oxygen atoms in total. The molecular weight excluding hydrogens is 376 g/mol. The molecule has 1 aliphatic rings. The second-order valence-electron chi connectivity index (χ2n) is 7.61. The van der Waals surface area contributed by atoms with Gasteiger partial charge in [0, 0.05) is 24.4 Å². The number of carbonyl (C=O) groups is 2. The normalized spacial score (nSPS) is 17.1. The minimum absolute atomic E-state index is 0.0356. The van der Waals surface area contributed by atoms with Gasteiger partial charge in [0.15, 0.2) is 5.78 Å². The van der Waals surface area contributed by atoms with Gasteiger partial charge < -0.3 is 4.74 Å². The van der Waals surface area contributed by atoms with Gasteiger partial charge in [0.1, 0.15) is 0 Å². The summed E-state index contributed by atoms with van der Waals surface area (Å²) in [6, 6.07) is 15.6. The topological polar surface area (TPSA) is 80.0 Å². The fourth-order valence-corrected chi connectivity index (χ4v) is 4.60. The van der Waals surface area contributed by atoms with Gasteiger partial charge in [-0.2, -0.15) is 5.26 Å². The molecule has 0 radical (unpaired) electrons. The molecule has 1 atom stereocenters. The lowest BCUT2D eigenvalue weighted by molar-refractivity contribution is -0.143. The smallest absolute Gasteiger partial charge is 0.305 e. The lowest BCUT2D eigenvalue weighted by Gasteiger charge is -2.29. The molecule has 1 aliphatic carbocycles. The highest BCUT2D eigenvalue weighted by Gasteiger charge is 2.47. The Labute approximate surface area is 175 Å². The van der Waals surface area contributed by atoms with E-state index >= 15 is 0 Å². The van der Waals surface area contributed by atoms with Crippen molar-refractivity contribution in [2.75, 3.05) is 6.61 Å². The number of carbonyl (C=O) groups excluding carboxylic acids is 2. The van der Waals surface area contributed by atoms with Gasteiger partial charge in [0.05, 0.1) is 23.7 Å². The van der Waals surface area contributed by atoms with Crippen molar-refractivity contribution in [2.24, 2.45) is 0 Å². The molecule has 3 aromatic rings. The Hall–Kier alpha value is -3.52. The summed E-state index contributed by atoms with van der Waals surface area (Å²) in [5.41, 5.74) is 2.04. The van der Waals surface area contributed by atoms with Crippen LogP contribution in [0.2, 0.25) is 0 Å². The number of nitrogens with zero attached hydrogens (tertiary/aromatic N) is 2. The Balaban J connectivity index is 1.82. The van der Waals surface area contributed by atoms with Crippen LogP contribution in [0.15, 0.2) is 54.9 Å². The van der Waals surface area contributed by atoms with E-state index in [0.29, 0.717) is 37.0 Å². The highest BCUT2D eigenvalue weighted by atomic mass is 16.5. The Kier molecular flexibility index (Phi) is 5.33. The summed E-state index contributed by atoms with van der Waals surface area (Å²) in [5.74, 6) is -0.290. The SMILES string of the molecule is CCOC(=O)CCCC1(Cc2ccncc2)C(=O)c2c(C#N)ccc3cccc1c23. The molecule has 0 saturated carbocycles. The van der Waals surface area contributed by atoms with Gasteiger partial charge in [-0.05, 0) is 66.3 Å². The van der Waals surface area contributed by atoms with Crippen LogP contribution in [0.3, 0.4) is 0 Å². The maximum Gasteiger partial charge on any atom is 0.305 e. The minimum Gasteiger partial charge on any atom is -0.466 e. The Bertz CT molecular complexity index is 1160. The maximum atomic E-state index is 13.9. The van der Waals surface area contributed by atoms with Crippen LogP contribution in [-0.4, -0.2) is 23.3 Å². The van der Waals surface area contributed by atoms with E-state index in [9.17, 15) is 14.9 Å². The van der Waals surface area contributed by atoms with Crippen LogP contribution in [0.4, 0.5) is 0 Å². The van der Waals surface area contributed by atoms with E-state index in [-0.39, 0.29) is 18.2 Å². The van der Waals surface area contributed by atoms with Crippen molar-refractivity contribution in [3.63, 3.8) is 0 Å². The number of ether oxygens (including phenoxy) is 1. The van der Waals surface area contributed by atoms with Crippen LogP contribution in [0.5, 0.6) is 0 Å². The standard InChI is InChI=1S/C25H22N2O3/c1-2-30-21(28)7-4-12-25(15-17-10-13-27-14-11-17)20-6-3-5-18-8-9-19(16-26)23(22(18)20)24(25)29/h3,5-6,8-11,13-14H,2,4,7,12,15H2,1H3. The fourth-order valence-electron chi connectivity index (χ4n) is 4.60. The van der Waals surface area contributed by atoms with Crippen molar-refractivity contribution >= 4 is 22.5 Å². The van der Waals surface area contributed by atoms with Gasteiger partial charge in [-0.1, -0.05) is 24.3 Å². The van der Waals surface area contributed by atoms with Gasteiger partial charge in [-0.25, -0.2) is 0 Å². The van der Waals surface area contributed by atoms with Gasteiger partial charge in [-0.3, -0.25) is 14.6 Å². The third kappa shape index (κ3) is 3.25. The molecule has 4 rings (SSSR count). The highest BCUT2D eigenvalue weighted by molar-refractivity contribution is 6.21. The van der Waals surface area contributed by atoms with Crippen molar-refractivity contribution in [3.8, 4) is 6.07 Å². The van der Waals surface area contributed by atoms with Crippen molar-refractivity contribution in [2.45, 2.75) is 38.0 Å². The molecule has 0 spiro atoms. The summed E-state index contributed by atoms with van der Waals surface area (Å²) in [6.07, 6.45) is 5.23. The van der Waals surface area contributed by atoms with Crippen LogP contribution in [0.25, 0.3) is 10.8 Å². The molecular formula is C25H22N2O3. The number of ketones is 1. The van der Waals surface area contributed by atoms with Crippen molar-refractivity contribution in [1.29, 1.82) is 5.26 Å². The van der Waals surface area contributed by atoms with Crippen LogP contribution < -0.4 is 0 Å². The molecule has 1 unspecified atom stereocenters. The Morgan fingerprint density at radius 3 is 2.70 bits per heavy atom. The molecule has 0 bridgehead atoms. The highest BCUT2D eigenvalue weighted by Crippen LogP contribution is 2.48. The zero-order chi connectivity index (χ0) is 21.1. The van der Waals surface area contributed by atoms with Crippen LogP contribution >= 0.6 is 0 Å². The number of Topliss-reactive ketones (excluding diaryl/α,β-unsaturated/α-hetero) is 1. The predicted molar refractivity (Wildman–Crippen MR) is 113 cm³/mol. The van der Waals surface area contributed by atoms with Crippen molar-refractivity contribution in [1.82, 2.24) is 4.98 Å². The molecule has 0 fully saturated rings. The van der Waals surface area contributed by atoms with Gasteiger partial charge in [0.2, 0.25) is 0 Å². The zero-order valence-electron chi connectivity index (χ0n) is 16.9. The van der Waals surface area contributed by atoms with E-state index in [0.717, 1.165) is 21.9 Å². The van der Waals surface area contributed by atoms with Crippen LogP contribution in [0.1, 0.15) is 53.2 Å². The number of nitriles is 1. The first kappa shape index (κ1) is 19.8. The van der Waals surface area contributed by atoms with Crippen molar-refractivity contribution in [3.05, 3.63) is 77.1 Å². The van der Waals surface area contributed by atoms with Crippen molar-refractivity contribution < 1.29 is 14.3 Å². The third-order valence-corrected chi connectivity index (χ3v) is 5.89. The number of rotatable bonds is 7. The molecule has 2 aromatic carbocycles. The molecule has 30 heavy (non-hydrogen) atoms. The summed E-state index contributed by atoms with van der Waals surface area (Å²) in [6.45, 7) is 2.13. The second-order valence-corrected chi connectivity index (χ2v) is 7.61. The number of hydrogen-bond donors (Lipinski definition) is 0. The molecule has 1 aromatic heterocycles. The minimum atomic E-state index is -0.817. The lowest BCUT2D eigenvalue weighted by atomic mass is 9.71. The van der Waals surface area contributed by atoms with Gasteiger partial charge in [0.25, 0.3) is 0 Å². The first-order chi connectivity index (χ1) is 14.6. The second kappa shape index (κ2) is 8.08. The van der Waals surface area contributed by atoms with Gasteiger partial charge in [-0.15, -0.1) is 0 Å². The van der Waals surface area contributed by atoms with E-state index < -0.39 is 5.41 Å². The summed E-state index contributed by atoms with van der Waals surface area (Å²) >= 11 is 0. The molecule has 0 aliphatic heterocycles. The third-order valence-electron chi connectivity index (χ3n) is 5.89. The lowest BCUT2D eigenvalue weighted by Crippen LogP contribution is -2.35. The molecule has 0 saturated heterocycles. The summed E-state index contributed by atoms with van der Waals surface area (Å²) in [5, 5.41) is 11.5. The molecule has 5 heteroatoms. The molecule has 0 amide bonds. The van der Waals surface area contributed by atoms with E-state index in [4.69, 9.17) is 4.74 Å². The average molecular weight is 398 g/mol. The Morgan fingerprint density at radius 1 is 1.17 bits per heavy atom. The monoisotopic (exact) mass is 398 g/mol. The first-order valence-corrected chi connectivity index (χ1v) is 10.2. The van der Waals surface area contributed by atoms with Gasteiger partial charge >= 0.3 is 5.97 Å². The number of esters is 1.